The maximum atomic E-state index is 9.73. The fourth-order valence-corrected chi connectivity index (χ4v) is 2.12. The van der Waals surface area contributed by atoms with E-state index in [4.69, 9.17) is 11.6 Å². The Bertz CT molecular complexity index is 363. The molecular formula is C13H18ClNO. The highest BCUT2D eigenvalue weighted by atomic mass is 35.5. The van der Waals surface area contributed by atoms with E-state index in [2.05, 4.69) is 12.2 Å². The van der Waals surface area contributed by atoms with Gasteiger partial charge in [-0.2, -0.15) is 0 Å². The van der Waals surface area contributed by atoms with E-state index in [-0.39, 0.29) is 5.75 Å². The molecule has 0 bridgehead atoms. The Morgan fingerprint density at radius 1 is 1.50 bits per heavy atom. The standard InChI is InChI=1S/C13H18ClNO/c1-9(7-10-5-6-10)15-8-11-3-2-4-12(14)13(11)16/h2-4,9-10,15-16H,5-8H2,1H3. The zero-order valence-corrected chi connectivity index (χ0v) is 10.3. The van der Waals surface area contributed by atoms with Crippen molar-refractivity contribution in [3.63, 3.8) is 0 Å². The van der Waals surface area contributed by atoms with Gasteiger partial charge in [-0.3, -0.25) is 0 Å². The van der Waals surface area contributed by atoms with Gasteiger partial charge in [0.25, 0.3) is 0 Å². The molecule has 1 unspecified atom stereocenters. The predicted molar refractivity (Wildman–Crippen MR) is 66.8 cm³/mol. The highest BCUT2D eigenvalue weighted by Gasteiger charge is 2.23. The number of hydrogen-bond donors (Lipinski definition) is 2. The molecule has 1 aliphatic rings. The van der Waals surface area contributed by atoms with E-state index < -0.39 is 0 Å². The van der Waals surface area contributed by atoms with Crippen LogP contribution < -0.4 is 5.32 Å². The number of phenols is 1. The van der Waals surface area contributed by atoms with Crippen LogP contribution in [0.3, 0.4) is 0 Å². The predicted octanol–water partition coefficient (Wildman–Crippen LogP) is 3.32. The van der Waals surface area contributed by atoms with E-state index in [0.29, 0.717) is 17.6 Å². The smallest absolute Gasteiger partial charge is 0.138 e. The summed E-state index contributed by atoms with van der Waals surface area (Å²) >= 11 is 5.85. The highest BCUT2D eigenvalue weighted by molar-refractivity contribution is 6.32. The van der Waals surface area contributed by atoms with Crippen LogP contribution in [0.5, 0.6) is 5.75 Å². The van der Waals surface area contributed by atoms with E-state index in [0.717, 1.165) is 11.5 Å². The van der Waals surface area contributed by atoms with Crippen molar-refractivity contribution in [3.8, 4) is 5.75 Å². The molecule has 2 rings (SSSR count). The molecule has 0 amide bonds. The summed E-state index contributed by atoms with van der Waals surface area (Å²) in [7, 11) is 0. The number of nitrogens with one attached hydrogen (secondary N) is 1. The summed E-state index contributed by atoms with van der Waals surface area (Å²) in [6, 6.07) is 5.97. The van der Waals surface area contributed by atoms with Gasteiger partial charge in [0.05, 0.1) is 5.02 Å². The van der Waals surface area contributed by atoms with Crippen LogP contribution in [0.2, 0.25) is 5.02 Å². The first-order valence-electron chi connectivity index (χ1n) is 5.86. The molecule has 2 nitrogen and oxygen atoms in total. The molecule has 0 heterocycles. The van der Waals surface area contributed by atoms with E-state index in [1.165, 1.54) is 19.3 Å². The van der Waals surface area contributed by atoms with Crippen molar-refractivity contribution in [1.29, 1.82) is 0 Å². The van der Waals surface area contributed by atoms with Crippen molar-refractivity contribution in [1.82, 2.24) is 5.32 Å². The number of benzene rings is 1. The third-order valence-corrected chi connectivity index (χ3v) is 3.40. The molecular weight excluding hydrogens is 222 g/mol. The third-order valence-electron chi connectivity index (χ3n) is 3.10. The quantitative estimate of drug-likeness (QED) is 0.826. The first-order valence-corrected chi connectivity index (χ1v) is 6.24. The van der Waals surface area contributed by atoms with Crippen molar-refractivity contribution in [2.45, 2.75) is 38.8 Å². The molecule has 0 radical (unpaired) electrons. The Morgan fingerprint density at radius 3 is 2.94 bits per heavy atom. The summed E-state index contributed by atoms with van der Waals surface area (Å²) in [5.74, 6) is 1.13. The molecule has 3 heteroatoms. The third kappa shape index (κ3) is 3.13. The van der Waals surface area contributed by atoms with Gasteiger partial charge in [0.2, 0.25) is 0 Å². The van der Waals surface area contributed by atoms with Crippen LogP contribution in [0.25, 0.3) is 0 Å². The van der Waals surface area contributed by atoms with E-state index in [1.54, 1.807) is 6.07 Å². The SMILES string of the molecule is CC(CC1CC1)NCc1cccc(Cl)c1O. The number of hydrogen-bond acceptors (Lipinski definition) is 2. The molecule has 1 aromatic rings. The maximum Gasteiger partial charge on any atom is 0.138 e. The molecule has 0 saturated heterocycles. The van der Waals surface area contributed by atoms with Gasteiger partial charge in [-0.05, 0) is 25.3 Å². The minimum atomic E-state index is 0.204. The lowest BCUT2D eigenvalue weighted by atomic mass is 10.1. The van der Waals surface area contributed by atoms with Crippen LogP contribution >= 0.6 is 11.6 Å². The molecule has 1 aliphatic carbocycles. The molecule has 1 aromatic carbocycles. The van der Waals surface area contributed by atoms with Gasteiger partial charge < -0.3 is 10.4 Å². The average molecular weight is 240 g/mol. The molecule has 2 N–H and O–H groups in total. The monoisotopic (exact) mass is 239 g/mol. The van der Waals surface area contributed by atoms with E-state index in [1.807, 2.05) is 12.1 Å². The maximum absolute atomic E-state index is 9.73. The van der Waals surface area contributed by atoms with Crippen molar-refractivity contribution in [3.05, 3.63) is 28.8 Å². The Kier molecular flexibility index (Phi) is 3.72. The largest absolute Gasteiger partial charge is 0.506 e. The van der Waals surface area contributed by atoms with Crippen molar-refractivity contribution in [2.24, 2.45) is 5.92 Å². The molecule has 0 aliphatic heterocycles. The molecule has 1 atom stereocenters. The first kappa shape index (κ1) is 11.7. The van der Waals surface area contributed by atoms with Crippen LogP contribution in [-0.4, -0.2) is 11.1 Å². The minimum Gasteiger partial charge on any atom is -0.506 e. The Labute approximate surface area is 102 Å². The zero-order valence-electron chi connectivity index (χ0n) is 9.54. The number of phenolic OH excluding ortho intramolecular Hbond substituents is 1. The number of para-hydroxylation sites is 1. The van der Waals surface area contributed by atoms with Crippen molar-refractivity contribution < 1.29 is 5.11 Å². The summed E-state index contributed by atoms with van der Waals surface area (Å²) in [6.07, 6.45) is 4.00. The first-order chi connectivity index (χ1) is 7.66. The second-order valence-electron chi connectivity index (χ2n) is 4.71. The van der Waals surface area contributed by atoms with Gasteiger partial charge in [0, 0.05) is 18.2 Å². The summed E-state index contributed by atoms with van der Waals surface area (Å²) < 4.78 is 0. The lowest BCUT2D eigenvalue weighted by Gasteiger charge is -2.14. The van der Waals surface area contributed by atoms with Gasteiger partial charge in [-0.15, -0.1) is 0 Å². The highest BCUT2D eigenvalue weighted by Crippen LogP contribution is 2.33. The van der Waals surface area contributed by atoms with Crippen LogP contribution in [0.15, 0.2) is 18.2 Å². The zero-order chi connectivity index (χ0) is 11.5. The number of aromatic hydroxyl groups is 1. The lowest BCUT2D eigenvalue weighted by molar-refractivity contribution is 0.450. The Hall–Kier alpha value is -0.730. The average Bonchev–Trinajstić information content (AvgIpc) is 3.04. The molecule has 1 fully saturated rings. The molecule has 88 valence electrons. The normalized spacial score (nSPS) is 17.4. The second kappa shape index (κ2) is 5.07. The van der Waals surface area contributed by atoms with Gasteiger partial charge in [-0.25, -0.2) is 0 Å². The molecule has 1 saturated carbocycles. The van der Waals surface area contributed by atoms with Gasteiger partial charge in [-0.1, -0.05) is 36.6 Å². The van der Waals surface area contributed by atoms with E-state index in [9.17, 15) is 5.11 Å². The van der Waals surface area contributed by atoms with Crippen LogP contribution in [0.1, 0.15) is 31.7 Å². The molecule has 0 aromatic heterocycles. The summed E-state index contributed by atoms with van der Waals surface area (Å²) in [5, 5.41) is 13.6. The number of rotatable bonds is 5. The fraction of sp³-hybridized carbons (Fsp3) is 0.538. The Balaban J connectivity index is 1.85. The van der Waals surface area contributed by atoms with E-state index >= 15 is 0 Å². The molecule has 0 spiro atoms. The summed E-state index contributed by atoms with van der Waals surface area (Å²) in [6.45, 7) is 2.88. The van der Waals surface area contributed by atoms with Crippen molar-refractivity contribution in [2.75, 3.05) is 0 Å². The van der Waals surface area contributed by atoms with Crippen LogP contribution in [0.4, 0.5) is 0 Å². The summed E-state index contributed by atoms with van der Waals surface area (Å²) in [4.78, 5) is 0. The van der Waals surface area contributed by atoms with Gasteiger partial charge in [0.1, 0.15) is 5.75 Å². The lowest BCUT2D eigenvalue weighted by Crippen LogP contribution is -2.25. The molecule has 16 heavy (non-hydrogen) atoms. The fourth-order valence-electron chi connectivity index (χ4n) is 1.92. The topological polar surface area (TPSA) is 32.3 Å². The number of halogens is 1. The van der Waals surface area contributed by atoms with Gasteiger partial charge >= 0.3 is 0 Å². The summed E-state index contributed by atoms with van der Waals surface area (Å²) in [5.41, 5.74) is 0.871. The Morgan fingerprint density at radius 2 is 2.25 bits per heavy atom. The van der Waals surface area contributed by atoms with Crippen LogP contribution in [0, 0.1) is 5.92 Å². The minimum absolute atomic E-state index is 0.204. The van der Waals surface area contributed by atoms with Crippen LogP contribution in [-0.2, 0) is 6.54 Å². The second-order valence-corrected chi connectivity index (χ2v) is 5.12. The van der Waals surface area contributed by atoms with Gasteiger partial charge in [0.15, 0.2) is 0 Å². The van der Waals surface area contributed by atoms with Crippen molar-refractivity contribution >= 4 is 11.6 Å².